The number of anilines is 1. The van der Waals surface area contributed by atoms with E-state index in [2.05, 4.69) is 21.9 Å². The molecule has 0 saturated carbocycles. The third-order valence-corrected chi connectivity index (χ3v) is 5.45. The molecule has 0 saturated heterocycles. The number of nitrogens with one attached hydrogen (secondary N) is 1. The van der Waals surface area contributed by atoms with Gasteiger partial charge in [0.25, 0.3) is 5.56 Å². The summed E-state index contributed by atoms with van der Waals surface area (Å²) in [6.07, 6.45) is 18.7. The quantitative estimate of drug-likeness (QED) is 0.231. The molecule has 0 aromatic carbocycles. The Bertz CT molecular complexity index is 852. The highest BCUT2D eigenvalue weighted by atomic mass is 16.5. The van der Waals surface area contributed by atoms with E-state index in [0.717, 1.165) is 12.8 Å². The van der Waals surface area contributed by atoms with Crippen molar-refractivity contribution in [1.82, 2.24) is 19.5 Å². The van der Waals surface area contributed by atoms with Crippen molar-refractivity contribution in [3.63, 3.8) is 0 Å². The molecule has 2 rings (SSSR count). The first-order valence-corrected chi connectivity index (χ1v) is 12.6. The van der Waals surface area contributed by atoms with E-state index >= 15 is 0 Å². The molecule has 0 spiro atoms. The van der Waals surface area contributed by atoms with Crippen LogP contribution in [0.3, 0.4) is 0 Å². The summed E-state index contributed by atoms with van der Waals surface area (Å²) in [6.45, 7) is 2.56. The van der Waals surface area contributed by atoms with Crippen molar-refractivity contribution < 1.29 is 19.7 Å². The Hall–Kier alpha value is -2.46. The second kappa shape index (κ2) is 18.9. The van der Waals surface area contributed by atoms with Crippen molar-refractivity contribution >= 4 is 23.1 Å². The third kappa shape index (κ3) is 13.3. The predicted octanol–water partition coefficient (Wildman–Crippen LogP) is 4.22. The summed E-state index contributed by atoms with van der Waals surface area (Å²) in [7, 11) is 0. The van der Waals surface area contributed by atoms with Gasteiger partial charge in [0.05, 0.1) is 19.5 Å². The first kappa shape index (κ1) is 29.6. The summed E-state index contributed by atoms with van der Waals surface area (Å²) in [6, 6.07) is 0. The molecule has 0 fully saturated rings. The van der Waals surface area contributed by atoms with Crippen molar-refractivity contribution in [1.29, 1.82) is 0 Å². The Labute approximate surface area is 201 Å². The number of carbonyl (C=O) groups is 1. The first-order chi connectivity index (χ1) is 16.5. The van der Waals surface area contributed by atoms with Crippen molar-refractivity contribution in [2.45, 2.75) is 104 Å². The number of carboxylic acid groups (broad SMARTS) is 1. The van der Waals surface area contributed by atoms with Crippen LogP contribution in [-0.4, -0.2) is 48.9 Å². The lowest BCUT2D eigenvalue weighted by molar-refractivity contribution is -0.137. The number of H-pyrrole nitrogens is 1. The van der Waals surface area contributed by atoms with Gasteiger partial charge >= 0.3 is 5.97 Å². The minimum absolute atomic E-state index is 0.0291. The largest absolute Gasteiger partial charge is 0.481 e. The summed E-state index contributed by atoms with van der Waals surface area (Å²) >= 11 is 0. The Morgan fingerprint density at radius 3 is 2.12 bits per heavy atom. The van der Waals surface area contributed by atoms with Crippen molar-refractivity contribution in [3.05, 3.63) is 16.7 Å². The highest BCUT2D eigenvalue weighted by molar-refractivity contribution is 5.70. The predicted molar refractivity (Wildman–Crippen MR) is 134 cm³/mol. The number of imidazole rings is 1. The molecule has 2 aromatic heterocycles. The number of hydrogen-bond acceptors (Lipinski definition) is 7. The molecule has 10 heteroatoms. The molecule has 0 amide bonds. The first-order valence-electron chi connectivity index (χ1n) is 12.6. The monoisotopic (exact) mass is 481 g/mol. The molecule has 0 unspecified atom stereocenters. The Morgan fingerprint density at radius 2 is 1.59 bits per heavy atom. The van der Waals surface area contributed by atoms with Crippen molar-refractivity contribution in [2.24, 2.45) is 0 Å². The van der Waals surface area contributed by atoms with Crippen LogP contribution in [0.2, 0.25) is 0 Å². The van der Waals surface area contributed by atoms with Gasteiger partial charge in [-0.05, 0) is 6.42 Å². The number of ether oxygens (including phenoxy) is 1. The SMILES string of the molecule is CCCCCCCCCCCCCCCC(=O)O.Nc1nc2c(ncn2COCCO)c(=O)[nH]1. The molecule has 0 aliphatic carbocycles. The number of nitrogens with zero attached hydrogens (tertiary/aromatic N) is 3. The van der Waals surface area contributed by atoms with E-state index in [1.54, 1.807) is 0 Å². The molecule has 194 valence electrons. The number of aromatic nitrogens is 4. The highest BCUT2D eigenvalue weighted by Crippen LogP contribution is 2.12. The zero-order valence-electron chi connectivity index (χ0n) is 20.6. The number of aliphatic hydroxyl groups is 1. The fraction of sp³-hybridized carbons (Fsp3) is 0.750. The molecule has 0 bridgehead atoms. The maximum Gasteiger partial charge on any atom is 0.303 e. The molecular weight excluding hydrogens is 438 g/mol. The fourth-order valence-electron chi connectivity index (χ4n) is 3.59. The van der Waals surface area contributed by atoms with Gasteiger partial charge < -0.3 is 20.7 Å². The molecule has 0 aliphatic heterocycles. The molecule has 10 nitrogen and oxygen atoms in total. The van der Waals surface area contributed by atoms with Crippen LogP contribution in [0.4, 0.5) is 5.95 Å². The average molecular weight is 482 g/mol. The molecule has 0 radical (unpaired) electrons. The topological polar surface area (TPSA) is 156 Å². The maximum atomic E-state index is 11.4. The summed E-state index contributed by atoms with van der Waals surface area (Å²) in [4.78, 5) is 31.9. The third-order valence-electron chi connectivity index (χ3n) is 5.45. The molecular formula is C24H43N5O5. The summed E-state index contributed by atoms with van der Waals surface area (Å²) in [5, 5.41) is 17.0. The highest BCUT2D eigenvalue weighted by Gasteiger charge is 2.08. The van der Waals surface area contributed by atoms with Crippen molar-refractivity contribution in [3.8, 4) is 0 Å². The number of aromatic amines is 1. The Balaban J connectivity index is 0.000000341. The number of unbranched alkanes of at least 4 members (excludes halogenated alkanes) is 12. The number of nitrogen functional groups attached to an aromatic ring is 1. The smallest absolute Gasteiger partial charge is 0.303 e. The number of carboxylic acids is 1. The zero-order chi connectivity index (χ0) is 25.0. The minimum Gasteiger partial charge on any atom is -0.481 e. The number of hydrogen-bond donors (Lipinski definition) is 4. The summed E-state index contributed by atoms with van der Waals surface area (Å²) < 4.78 is 6.63. The van der Waals surface area contributed by atoms with Gasteiger partial charge in [0.2, 0.25) is 5.95 Å². The lowest BCUT2D eigenvalue weighted by Gasteiger charge is -2.03. The van der Waals surface area contributed by atoms with E-state index in [4.69, 9.17) is 20.7 Å². The van der Waals surface area contributed by atoms with Crippen LogP contribution in [0.25, 0.3) is 11.2 Å². The van der Waals surface area contributed by atoms with Crippen LogP contribution < -0.4 is 11.3 Å². The maximum absolute atomic E-state index is 11.4. The van der Waals surface area contributed by atoms with Crippen LogP contribution in [-0.2, 0) is 16.3 Å². The van der Waals surface area contributed by atoms with Gasteiger partial charge in [-0.2, -0.15) is 4.98 Å². The number of fused-ring (bicyclic) bond motifs is 1. The lowest BCUT2D eigenvalue weighted by atomic mass is 10.0. The van der Waals surface area contributed by atoms with Gasteiger partial charge in [0.1, 0.15) is 6.73 Å². The van der Waals surface area contributed by atoms with E-state index < -0.39 is 5.97 Å². The summed E-state index contributed by atoms with van der Waals surface area (Å²) in [5.74, 6) is -0.625. The van der Waals surface area contributed by atoms with Crippen LogP contribution in [0, 0.1) is 0 Å². The average Bonchev–Trinajstić information content (AvgIpc) is 3.20. The molecule has 2 aromatic rings. The van der Waals surface area contributed by atoms with Gasteiger partial charge in [0.15, 0.2) is 11.2 Å². The second-order valence-electron chi connectivity index (χ2n) is 8.49. The van der Waals surface area contributed by atoms with E-state index in [9.17, 15) is 9.59 Å². The molecule has 0 atom stereocenters. The van der Waals surface area contributed by atoms with Crippen molar-refractivity contribution in [2.75, 3.05) is 18.9 Å². The second-order valence-corrected chi connectivity index (χ2v) is 8.49. The zero-order valence-corrected chi connectivity index (χ0v) is 20.6. The van der Waals surface area contributed by atoms with Crippen LogP contribution in [0.1, 0.15) is 96.8 Å². The number of nitrogens with two attached hydrogens (primary N) is 1. The van der Waals surface area contributed by atoms with E-state index in [0.29, 0.717) is 12.1 Å². The van der Waals surface area contributed by atoms with Crippen LogP contribution in [0.5, 0.6) is 0 Å². The van der Waals surface area contributed by atoms with E-state index in [1.807, 2.05) is 0 Å². The number of aliphatic hydroxyl groups excluding tert-OH is 1. The van der Waals surface area contributed by atoms with Crippen LogP contribution >= 0.6 is 0 Å². The number of rotatable bonds is 18. The van der Waals surface area contributed by atoms with Gasteiger partial charge in [-0.3, -0.25) is 19.1 Å². The normalized spacial score (nSPS) is 10.9. The molecule has 2 heterocycles. The Kier molecular flexibility index (Phi) is 16.4. The Morgan fingerprint density at radius 1 is 1.03 bits per heavy atom. The molecule has 34 heavy (non-hydrogen) atoms. The van der Waals surface area contributed by atoms with Gasteiger partial charge in [-0.25, -0.2) is 4.98 Å². The van der Waals surface area contributed by atoms with Crippen LogP contribution in [0.15, 0.2) is 11.1 Å². The molecule has 5 N–H and O–H groups in total. The molecule has 0 aliphatic rings. The minimum atomic E-state index is -0.655. The van der Waals surface area contributed by atoms with E-state index in [-0.39, 0.29) is 37.0 Å². The van der Waals surface area contributed by atoms with Gasteiger partial charge in [-0.15, -0.1) is 0 Å². The van der Waals surface area contributed by atoms with Gasteiger partial charge in [0, 0.05) is 6.42 Å². The fourth-order valence-corrected chi connectivity index (χ4v) is 3.59. The lowest BCUT2D eigenvalue weighted by Crippen LogP contribution is -2.13. The summed E-state index contributed by atoms with van der Waals surface area (Å²) in [5.41, 5.74) is 5.60. The van der Waals surface area contributed by atoms with E-state index in [1.165, 1.54) is 81.5 Å². The van der Waals surface area contributed by atoms with Gasteiger partial charge in [-0.1, -0.05) is 84.0 Å². The standard InChI is InChI=1S/C16H32O2.C8H11N5O3/c1-2-3-4-5-6-7-8-9-10-11-12-13-14-15-16(17)18;9-8-11-6-5(7(15)12-8)10-3-13(6)4-16-2-1-14/h2-15H2,1H3,(H,17,18);3,14H,1-2,4H2,(H3,9,11,12,15). The number of aliphatic carboxylic acids is 1.